The molecule has 1 aromatic heterocycles. The van der Waals surface area contributed by atoms with Gasteiger partial charge in [-0.1, -0.05) is 66.7 Å². The average Bonchev–Trinajstić information content (AvgIpc) is 3.16. The van der Waals surface area contributed by atoms with Crippen molar-refractivity contribution >= 4 is 34.2 Å². The molecule has 0 aliphatic heterocycles. The lowest BCUT2D eigenvalue weighted by atomic mass is 10.0. The lowest BCUT2D eigenvalue weighted by Crippen LogP contribution is -2.20. The van der Waals surface area contributed by atoms with Crippen LogP contribution in [0.15, 0.2) is 78.0 Å². The lowest BCUT2D eigenvalue weighted by molar-refractivity contribution is -0.145. The second-order valence-electron chi connectivity index (χ2n) is 7.37. The molecule has 0 aliphatic rings. The molecule has 0 atom stereocenters. The zero-order chi connectivity index (χ0) is 23.2. The zero-order valence-corrected chi connectivity index (χ0v) is 18.0. The van der Waals surface area contributed by atoms with Crippen LogP contribution in [0, 0.1) is 4.91 Å². The van der Waals surface area contributed by atoms with Crippen molar-refractivity contribution in [1.29, 1.82) is 0 Å². The molecule has 0 saturated carbocycles. The Labute approximate surface area is 190 Å². The van der Waals surface area contributed by atoms with E-state index in [2.05, 4.69) is 15.6 Å². The number of ether oxygens (including phenoxy) is 1. The van der Waals surface area contributed by atoms with Gasteiger partial charge in [-0.15, -0.1) is 4.91 Å². The Morgan fingerprint density at radius 2 is 1.73 bits per heavy atom. The highest BCUT2D eigenvalue weighted by molar-refractivity contribution is 6.03. The highest BCUT2D eigenvalue weighted by atomic mass is 16.5. The summed E-state index contributed by atoms with van der Waals surface area (Å²) in [5.41, 5.74) is 1.95. The first kappa shape index (κ1) is 21.9. The standard InChI is InChI=1S/C25H22N4O4/c1-2-33-22(31)15-21(30)26-25-24(28-32)23(27-29(25)16-17-8-4-3-5-9-17)20-13-12-18-10-6-7-11-19(18)14-20/h3-14H,2,15-16H2,1H3,(H,26,30). The van der Waals surface area contributed by atoms with Gasteiger partial charge in [0.25, 0.3) is 0 Å². The van der Waals surface area contributed by atoms with E-state index in [1.165, 1.54) is 4.68 Å². The highest BCUT2D eigenvalue weighted by Crippen LogP contribution is 2.38. The maximum absolute atomic E-state index is 12.5. The van der Waals surface area contributed by atoms with E-state index in [0.29, 0.717) is 17.8 Å². The number of carbonyl (C=O) groups excluding carboxylic acids is 2. The van der Waals surface area contributed by atoms with Gasteiger partial charge in [0.15, 0.2) is 11.5 Å². The Morgan fingerprint density at radius 1 is 1.00 bits per heavy atom. The number of anilines is 1. The molecule has 0 fully saturated rings. The van der Waals surface area contributed by atoms with Gasteiger partial charge in [-0.25, -0.2) is 4.68 Å². The molecule has 3 aromatic carbocycles. The van der Waals surface area contributed by atoms with Gasteiger partial charge in [-0.05, 0) is 34.5 Å². The van der Waals surface area contributed by atoms with Gasteiger partial charge in [-0.3, -0.25) is 9.59 Å². The number of amides is 1. The molecule has 8 nitrogen and oxygen atoms in total. The summed E-state index contributed by atoms with van der Waals surface area (Å²) in [6.07, 6.45) is -0.478. The smallest absolute Gasteiger partial charge is 0.315 e. The largest absolute Gasteiger partial charge is 0.466 e. The predicted molar refractivity (Wildman–Crippen MR) is 126 cm³/mol. The molecule has 4 rings (SSSR count). The topological polar surface area (TPSA) is 103 Å². The van der Waals surface area contributed by atoms with E-state index in [0.717, 1.165) is 16.3 Å². The summed E-state index contributed by atoms with van der Waals surface area (Å²) in [7, 11) is 0. The normalized spacial score (nSPS) is 10.7. The first-order valence-corrected chi connectivity index (χ1v) is 10.5. The van der Waals surface area contributed by atoms with E-state index < -0.39 is 18.3 Å². The molecule has 0 bridgehead atoms. The van der Waals surface area contributed by atoms with Crippen LogP contribution in [0.4, 0.5) is 11.5 Å². The third-order valence-corrected chi connectivity index (χ3v) is 5.08. The predicted octanol–water partition coefficient (Wildman–Crippen LogP) is 5.04. The molecule has 0 spiro atoms. The van der Waals surface area contributed by atoms with Crippen LogP contribution in [0.25, 0.3) is 22.0 Å². The van der Waals surface area contributed by atoms with Crippen molar-refractivity contribution in [2.75, 3.05) is 11.9 Å². The molecule has 8 heteroatoms. The summed E-state index contributed by atoms with van der Waals surface area (Å²) >= 11 is 0. The lowest BCUT2D eigenvalue weighted by Gasteiger charge is -2.09. The third-order valence-electron chi connectivity index (χ3n) is 5.08. The maximum Gasteiger partial charge on any atom is 0.315 e. The number of esters is 1. The fourth-order valence-corrected chi connectivity index (χ4v) is 3.58. The van der Waals surface area contributed by atoms with Crippen molar-refractivity contribution in [3.8, 4) is 11.3 Å². The van der Waals surface area contributed by atoms with E-state index in [1.54, 1.807) is 6.92 Å². The minimum Gasteiger partial charge on any atom is -0.466 e. The Bertz CT molecular complexity index is 1310. The Morgan fingerprint density at radius 3 is 2.45 bits per heavy atom. The van der Waals surface area contributed by atoms with Gasteiger partial charge in [0.05, 0.1) is 13.2 Å². The first-order valence-electron chi connectivity index (χ1n) is 10.5. The van der Waals surface area contributed by atoms with Crippen LogP contribution in [-0.4, -0.2) is 28.3 Å². The second-order valence-corrected chi connectivity index (χ2v) is 7.37. The number of nitrogens with zero attached hydrogens (tertiary/aromatic N) is 3. The minimum absolute atomic E-state index is 0.00146. The molecule has 166 valence electrons. The van der Waals surface area contributed by atoms with E-state index in [-0.39, 0.29) is 18.1 Å². The van der Waals surface area contributed by atoms with Crippen LogP contribution < -0.4 is 5.32 Å². The molecule has 0 aliphatic carbocycles. The molecular formula is C25H22N4O4. The first-order chi connectivity index (χ1) is 16.1. The van der Waals surface area contributed by atoms with Crippen molar-refractivity contribution in [3.63, 3.8) is 0 Å². The van der Waals surface area contributed by atoms with Crippen LogP contribution >= 0.6 is 0 Å². The van der Waals surface area contributed by atoms with Crippen molar-refractivity contribution < 1.29 is 14.3 Å². The van der Waals surface area contributed by atoms with E-state index in [4.69, 9.17) is 4.74 Å². The Kier molecular flexibility index (Phi) is 6.54. The molecular weight excluding hydrogens is 420 g/mol. The summed E-state index contributed by atoms with van der Waals surface area (Å²) < 4.78 is 6.35. The maximum atomic E-state index is 12.5. The number of carbonyl (C=O) groups is 2. The third kappa shape index (κ3) is 4.95. The van der Waals surface area contributed by atoms with Crippen molar-refractivity contribution in [2.24, 2.45) is 5.18 Å². The number of rotatable bonds is 8. The van der Waals surface area contributed by atoms with Gasteiger partial charge in [0.2, 0.25) is 5.91 Å². The highest BCUT2D eigenvalue weighted by Gasteiger charge is 2.23. The minimum atomic E-state index is -0.653. The molecule has 0 radical (unpaired) electrons. The molecule has 1 N–H and O–H groups in total. The van der Waals surface area contributed by atoms with Crippen molar-refractivity contribution in [2.45, 2.75) is 19.9 Å². The molecule has 0 unspecified atom stereocenters. The number of nitroso groups, excluding NO2 is 1. The summed E-state index contributed by atoms with van der Waals surface area (Å²) in [6, 6.07) is 23.1. The van der Waals surface area contributed by atoms with Crippen LogP contribution in [-0.2, 0) is 20.9 Å². The van der Waals surface area contributed by atoms with Crippen molar-refractivity contribution in [3.05, 3.63) is 83.3 Å². The van der Waals surface area contributed by atoms with E-state index in [1.807, 2.05) is 72.8 Å². The van der Waals surface area contributed by atoms with E-state index in [9.17, 15) is 14.5 Å². The second kappa shape index (κ2) is 9.86. The Hall–Kier alpha value is -4.33. The van der Waals surface area contributed by atoms with Crippen LogP contribution in [0.2, 0.25) is 0 Å². The molecule has 0 saturated heterocycles. The number of aromatic nitrogens is 2. The summed E-state index contributed by atoms with van der Waals surface area (Å²) in [6.45, 7) is 2.13. The van der Waals surface area contributed by atoms with Crippen LogP contribution in [0.1, 0.15) is 18.9 Å². The van der Waals surface area contributed by atoms with Crippen LogP contribution in [0.3, 0.4) is 0 Å². The summed E-state index contributed by atoms with van der Waals surface area (Å²) in [5, 5.41) is 12.5. The van der Waals surface area contributed by atoms with Crippen LogP contribution in [0.5, 0.6) is 0 Å². The molecule has 4 aromatic rings. The fraction of sp³-hybridized carbons (Fsp3) is 0.160. The van der Waals surface area contributed by atoms with Gasteiger partial charge < -0.3 is 10.1 Å². The van der Waals surface area contributed by atoms with Gasteiger partial charge in [0, 0.05) is 5.56 Å². The number of nitrogens with one attached hydrogen (secondary N) is 1. The molecule has 33 heavy (non-hydrogen) atoms. The molecule has 1 heterocycles. The van der Waals surface area contributed by atoms with Crippen molar-refractivity contribution in [1.82, 2.24) is 9.78 Å². The number of benzene rings is 3. The quantitative estimate of drug-likeness (QED) is 0.234. The molecule has 1 amide bonds. The van der Waals surface area contributed by atoms with E-state index >= 15 is 0 Å². The number of hydrogen-bond donors (Lipinski definition) is 1. The fourth-order valence-electron chi connectivity index (χ4n) is 3.58. The Balaban J connectivity index is 1.76. The summed E-state index contributed by atoms with van der Waals surface area (Å²) in [5.74, 6) is -1.14. The summed E-state index contributed by atoms with van der Waals surface area (Å²) in [4.78, 5) is 36.1. The van der Waals surface area contributed by atoms with Gasteiger partial charge in [-0.2, -0.15) is 5.10 Å². The van der Waals surface area contributed by atoms with Gasteiger partial charge >= 0.3 is 5.97 Å². The monoisotopic (exact) mass is 442 g/mol. The van der Waals surface area contributed by atoms with Gasteiger partial charge in [0.1, 0.15) is 12.1 Å². The zero-order valence-electron chi connectivity index (χ0n) is 18.0. The number of hydrogen-bond acceptors (Lipinski definition) is 6. The average molecular weight is 442 g/mol. The number of fused-ring (bicyclic) bond motifs is 1. The SMILES string of the molecule is CCOC(=O)CC(=O)Nc1c(N=O)c(-c2ccc3ccccc3c2)nn1Cc1ccccc1.